The van der Waals surface area contributed by atoms with Gasteiger partial charge in [-0.15, -0.1) is 0 Å². The molecule has 24 heavy (non-hydrogen) atoms. The van der Waals surface area contributed by atoms with Gasteiger partial charge in [-0.05, 0) is 37.0 Å². The number of rotatable bonds is 5. The fourth-order valence-electron chi connectivity index (χ4n) is 2.79. The molecule has 2 atom stereocenters. The zero-order chi connectivity index (χ0) is 17.9. The van der Waals surface area contributed by atoms with Gasteiger partial charge in [-0.1, -0.05) is 37.0 Å². The summed E-state index contributed by atoms with van der Waals surface area (Å²) in [6.45, 7) is 4.21. The molecule has 1 heterocycles. The van der Waals surface area contributed by atoms with Crippen molar-refractivity contribution >= 4 is 41.3 Å². The number of benzene rings is 1. The first-order valence-corrected chi connectivity index (χ1v) is 8.62. The third kappa shape index (κ3) is 4.08. The third-order valence-corrected chi connectivity index (χ3v) is 4.70. The van der Waals surface area contributed by atoms with Crippen molar-refractivity contribution in [2.75, 3.05) is 6.54 Å². The summed E-state index contributed by atoms with van der Waals surface area (Å²) in [7, 11) is 0. The first-order valence-electron chi connectivity index (χ1n) is 7.86. The van der Waals surface area contributed by atoms with Gasteiger partial charge in [-0.3, -0.25) is 9.59 Å². The summed E-state index contributed by atoms with van der Waals surface area (Å²) < 4.78 is 0. The Balaban J connectivity index is 2.19. The number of halogens is 2. The van der Waals surface area contributed by atoms with E-state index < -0.39 is 18.0 Å². The molecule has 5 nitrogen and oxygen atoms in total. The van der Waals surface area contributed by atoms with E-state index in [1.165, 1.54) is 17.0 Å². The Morgan fingerprint density at radius 2 is 2.04 bits per heavy atom. The number of amides is 2. The van der Waals surface area contributed by atoms with E-state index in [0.717, 1.165) is 12.7 Å². The molecule has 1 aromatic rings. The minimum atomic E-state index is -0.729. The Morgan fingerprint density at radius 3 is 2.67 bits per heavy atom. The minimum absolute atomic E-state index is 0.132. The molecule has 0 unspecified atom stereocenters. The molecule has 130 valence electrons. The van der Waals surface area contributed by atoms with Crippen LogP contribution in [0.25, 0.3) is 0 Å². The summed E-state index contributed by atoms with van der Waals surface area (Å²) in [6.07, 6.45) is 2.24. The van der Waals surface area contributed by atoms with Gasteiger partial charge in [0.25, 0.3) is 5.91 Å². The number of aldehydes is 1. The van der Waals surface area contributed by atoms with Crippen LogP contribution >= 0.6 is 23.2 Å². The van der Waals surface area contributed by atoms with Gasteiger partial charge in [0.2, 0.25) is 5.91 Å². The van der Waals surface area contributed by atoms with E-state index in [1.54, 1.807) is 6.07 Å². The molecule has 1 saturated heterocycles. The average Bonchev–Trinajstić information content (AvgIpc) is 3.02. The van der Waals surface area contributed by atoms with E-state index in [0.29, 0.717) is 18.0 Å². The van der Waals surface area contributed by atoms with Gasteiger partial charge in [0.1, 0.15) is 12.3 Å². The Morgan fingerprint density at radius 1 is 1.33 bits per heavy atom. The molecule has 1 aliphatic rings. The molecule has 0 bridgehead atoms. The van der Waals surface area contributed by atoms with Crippen molar-refractivity contribution in [3.05, 3.63) is 33.8 Å². The van der Waals surface area contributed by atoms with Gasteiger partial charge < -0.3 is 15.0 Å². The molecule has 1 aromatic carbocycles. The van der Waals surface area contributed by atoms with E-state index >= 15 is 0 Å². The van der Waals surface area contributed by atoms with Crippen molar-refractivity contribution in [3.8, 4) is 0 Å². The van der Waals surface area contributed by atoms with Crippen molar-refractivity contribution in [2.45, 2.75) is 38.8 Å². The second-order valence-corrected chi connectivity index (χ2v) is 7.04. The summed E-state index contributed by atoms with van der Waals surface area (Å²) in [5, 5.41) is 3.38. The van der Waals surface area contributed by atoms with Crippen LogP contribution in [0.1, 0.15) is 37.0 Å². The lowest BCUT2D eigenvalue weighted by molar-refractivity contribution is -0.137. The van der Waals surface area contributed by atoms with Crippen LogP contribution in [-0.4, -0.2) is 41.6 Å². The second kappa shape index (κ2) is 7.99. The molecular formula is C17H20Cl2N2O3. The van der Waals surface area contributed by atoms with Crippen molar-refractivity contribution in [2.24, 2.45) is 5.92 Å². The molecule has 0 aromatic heterocycles. The van der Waals surface area contributed by atoms with E-state index in [4.69, 9.17) is 23.2 Å². The van der Waals surface area contributed by atoms with Crippen LogP contribution in [0.5, 0.6) is 0 Å². The minimum Gasteiger partial charge on any atom is -0.340 e. The van der Waals surface area contributed by atoms with Gasteiger partial charge in [0, 0.05) is 11.6 Å². The average molecular weight is 371 g/mol. The monoisotopic (exact) mass is 370 g/mol. The largest absolute Gasteiger partial charge is 0.340 e. The predicted octanol–water partition coefficient (Wildman–Crippen LogP) is 2.94. The molecule has 0 radical (unpaired) electrons. The van der Waals surface area contributed by atoms with Crippen molar-refractivity contribution < 1.29 is 14.4 Å². The summed E-state index contributed by atoms with van der Waals surface area (Å²) in [4.78, 5) is 37.9. The topological polar surface area (TPSA) is 66.5 Å². The van der Waals surface area contributed by atoms with Crippen LogP contribution in [0.2, 0.25) is 10.0 Å². The standard InChI is InChI=1S/C17H20Cl2N2O3/c1-10(2)15(17(24)21-7-3-4-12(21)9-22)20-16(23)13-8-11(18)5-6-14(13)19/h5-6,8-10,12,15H,3-4,7H2,1-2H3,(H,20,23)/t12-,15-/m0/s1. The molecule has 7 heteroatoms. The second-order valence-electron chi connectivity index (χ2n) is 6.20. The molecule has 1 fully saturated rings. The molecular weight excluding hydrogens is 351 g/mol. The van der Waals surface area contributed by atoms with Gasteiger partial charge in [0.05, 0.1) is 16.6 Å². The SMILES string of the molecule is CC(C)[C@H](NC(=O)c1cc(Cl)ccc1Cl)C(=O)N1CCC[C@H]1C=O. The Kier molecular flexibility index (Phi) is 6.24. The van der Waals surface area contributed by atoms with Gasteiger partial charge in [-0.2, -0.15) is 0 Å². The Hall–Kier alpha value is -1.59. The molecule has 0 saturated carbocycles. The normalized spacial score (nSPS) is 18.5. The first kappa shape index (κ1) is 18.7. The van der Waals surface area contributed by atoms with Crippen LogP contribution in [0.15, 0.2) is 18.2 Å². The number of hydrogen-bond acceptors (Lipinski definition) is 3. The lowest BCUT2D eigenvalue weighted by Crippen LogP contribution is -2.52. The highest BCUT2D eigenvalue weighted by Crippen LogP contribution is 2.22. The summed E-state index contributed by atoms with van der Waals surface area (Å²) in [5.74, 6) is -0.838. The fourth-order valence-corrected chi connectivity index (χ4v) is 3.17. The number of likely N-dealkylation sites (tertiary alicyclic amines) is 1. The lowest BCUT2D eigenvalue weighted by atomic mass is 10.0. The number of hydrogen-bond donors (Lipinski definition) is 1. The van der Waals surface area contributed by atoms with Crippen LogP contribution in [0, 0.1) is 5.92 Å². The van der Waals surface area contributed by atoms with Gasteiger partial charge in [0.15, 0.2) is 0 Å². The van der Waals surface area contributed by atoms with E-state index in [2.05, 4.69) is 5.32 Å². The van der Waals surface area contributed by atoms with E-state index in [-0.39, 0.29) is 22.4 Å². The lowest BCUT2D eigenvalue weighted by Gasteiger charge is -2.29. The molecule has 0 aliphatic carbocycles. The number of nitrogens with zero attached hydrogens (tertiary/aromatic N) is 1. The van der Waals surface area contributed by atoms with Crippen molar-refractivity contribution in [1.82, 2.24) is 10.2 Å². The van der Waals surface area contributed by atoms with Gasteiger partial charge >= 0.3 is 0 Å². The maximum Gasteiger partial charge on any atom is 0.253 e. The summed E-state index contributed by atoms with van der Waals surface area (Å²) >= 11 is 12.0. The zero-order valence-electron chi connectivity index (χ0n) is 13.6. The predicted molar refractivity (Wildman–Crippen MR) is 93.4 cm³/mol. The van der Waals surface area contributed by atoms with Gasteiger partial charge in [-0.25, -0.2) is 0 Å². The number of nitrogens with one attached hydrogen (secondary N) is 1. The van der Waals surface area contributed by atoms with E-state index in [1.807, 2.05) is 13.8 Å². The summed E-state index contributed by atoms with van der Waals surface area (Å²) in [6, 6.07) is 3.45. The first-order chi connectivity index (χ1) is 11.3. The highest BCUT2D eigenvalue weighted by molar-refractivity contribution is 6.35. The highest BCUT2D eigenvalue weighted by Gasteiger charge is 2.35. The quantitative estimate of drug-likeness (QED) is 0.810. The maximum absolute atomic E-state index is 12.8. The molecule has 0 spiro atoms. The smallest absolute Gasteiger partial charge is 0.253 e. The van der Waals surface area contributed by atoms with Crippen LogP contribution in [0.4, 0.5) is 0 Å². The molecule has 1 N–H and O–H groups in total. The zero-order valence-corrected chi connectivity index (χ0v) is 15.1. The van der Waals surface area contributed by atoms with Crippen LogP contribution in [-0.2, 0) is 9.59 Å². The number of carbonyl (C=O) groups excluding carboxylic acids is 3. The van der Waals surface area contributed by atoms with Crippen LogP contribution < -0.4 is 5.32 Å². The Labute approximate surface area is 151 Å². The number of carbonyl (C=O) groups is 3. The molecule has 1 aliphatic heterocycles. The maximum atomic E-state index is 12.8. The molecule has 2 rings (SSSR count). The van der Waals surface area contributed by atoms with E-state index in [9.17, 15) is 14.4 Å². The van der Waals surface area contributed by atoms with Crippen molar-refractivity contribution in [1.29, 1.82) is 0 Å². The third-order valence-electron chi connectivity index (χ3n) is 4.13. The summed E-state index contributed by atoms with van der Waals surface area (Å²) in [5.41, 5.74) is 0.218. The van der Waals surface area contributed by atoms with Crippen molar-refractivity contribution in [3.63, 3.8) is 0 Å². The Bertz CT molecular complexity index is 649. The van der Waals surface area contributed by atoms with Crippen LogP contribution in [0.3, 0.4) is 0 Å². The molecule has 2 amide bonds. The highest BCUT2D eigenvalue weighted by atomic mass is 35.5. The fraction of sp³-hybridized carbons (Fsp3) is 0.471.